The minimum atomic E-state index is -0.588. The minimum absolute atomic E-state index is 0.0558. The van der Waals surface area contributed by atoms with Crippen LogP contribution in [0, 0.1) is 5.92 Å². The second-order valence-corrected chi connectivity index (χ2v) is 7.13. The maximum Gasteiger partial charge on any atom is 0.342 e. The number of ketones is 2. The van der Waals surface area contributed by atoms with Gasteiger partial charge in [-0.25, -0.2) is 4.79 Å². The molecular formula is C22H29NO5. The van der Waals surface area contributed by atoms with E-state index in [2.05, 4.69) is 4.90 Å². The molecule has 0 saturated carbocycles. The fraction of sp³-hybridized carbons (Fsp3) is 0.500. The van der Waals surface area contributed by atoms with Crippen LogP contribution in [0.1, 0.15) is 62.4 Å². The third-order valence-electron chi connectivity index (χ3n) is 4.98. The minimum Gasteiger partial charge on any atom is -0.507 e. The molecule has 0 amide bonds. The summed E-state index contributed by atoms with van der Waals surface area (Å²) < 4.78 is 5.38. The summed E-state index contributed by atoms with van der Waals surface area (Å²) >= 11 is 0. The standard InChI is InChI=1S/C22H29NO5/c1-4-23(5-2)17-12-16-8-6-7-9-18(24)19(25)11-10-15(3)14-28-22(27)21(16)20(26)13-17/h6,8,12-13,15,26H,4-5,7,9-11,14H2,1-3H3/t15-/m1/s1. The maximum absolute atomic E-state index is 12.6. The molecule has 0 aromatic heterocycles. The SMILES string of the molecule is CCN(CC)c1cc(O)c2c(c1)C=CCCC(=O)C(=O)CC[C@@H](C)COC2=O. The molecule has 1 N–H and O–H groups in total. The van der Waals surface area contributed by atoms with Crippen molar-refractivity contribution in [3.05, 3.63) is 29.3 Å². The van der Waals surface area contributed by atoms with Crippen LogP contribution in [0.15, 0.2) is 18.2 Å². The fourth-order valence-corrected chi connectivity index (χ4v) is 3.21. The van der Waals surface area contributed by atoms with Gasteiger partial charge in [-0.2, -0.15) is 0 Å². The number of Topliss-reactive ketones (excluding diaryl/α,β-unsaturated/α-hetero) is 2. The van der Waals surface area contributed by atoms with Gasteiger partial charge in [0.05, 0.1) is 6.61 Å². The van der Waals surface area contributed by atoms with Crippen LogP contribution in [-0.4, -0.2) is 42.3 Å². The molecule has 0 aliphatic carbocycles. The molecule has 0 spiro atoms. The summed E-state index contributed by atoms with van der Waals surface area (Å²) in [6.07, 6.45) is 4.63. The lowest BCUT2D eigenvalue weighted by atomic mass is 9.99. The van der Waals surface area contributed by atoms with Crippen LogP contribution in [0.4, 0.5) is 5.69 Å². The van der Waals surface area contributed by atoms with Gasteiger partial charge in [-0.05, 0) is 44.2 Å². The van der Waals surface area contributed by atoms with Gasteiger partial charge in [0, 0.05) is 37.7 Å². The molecule has 0 fully saturated rings. The molecule has 0 bridgehead atoms. The first-order valence-electron chi connectivity index (χ1n) is 9.88. The van der Waals surface area contributed by atoms with Gasteiger partial charge in [0.2, 0.25) is 0 Å². The summed E-state index contributed by atoms with van der Waals surface area (Å²) in [4.78, 5) is 38.5. The predicted molar refractivity (Wildman–Crippen MR) is 109 cm³/mol. The highest BCUT2D eigenvalue weighted by atomic mass is 16.5. The zero-order valence-corrected chi connectivity index (χ0v) is 16.9. The van der Waals surface area contributed by atoms with Gasteiger partial charge >= 0.3 is 5.97 Å². The van der Waals surface area contributed by atoms with Crippen molar-refractivity contribution in [2.75, 3.05) is 24.6 Å². The van der Waals surface area contributed by atoms with Crippen molar-refractivity contribution < 1.29 is 24.2 Å². The lowest BCUT2D eigenvalue weighted by Gasteiger charge is -2.23. The number of cyclic esters (lactones) is 1. The van der Waals surface area contributed by atoms with Crippen molar-refractivity contribution in [2.45, 2.75) is 46.5 Å². The first-order chi connectivity index (χ1) is 13.4. The molecule has 0 unspecified atom stereocenters. The van der Waals surface area contributed by atoms with Gasteiger partial charge in [-0.15, -0.1) is 0 Å². The Morgan fingerprint density at radius 1 is 1.11 bits per heavy atom. The second kappa shape index (κ2) is 10.1. The third kappa shape index (κ3) is 5.44. The largest absolute Gasteiger partial charge is 0.507 e. The molecule has 0 radical (unpaired) electrons. The first kappa shape index (κ1) is 21.7. The van der Waals surface area contributed by atoms with E-state index in [4.69, 9.17) is 4.74 Å². The van der Waals surface area contributed by atoms with Crippen LogP contribution < -0.4 is 4.90 Å². The van der Waals surface area contributed by atoms with E-state index in [9.17, 15) is 19.5 Å². The summed E-state index contributed by atoms with van der Waals surface area (Å²) in [5, 5.41) is 10.5. The van der Waals surface area contributed by atoms with Gasteiger partial charge in [0.15, 0.2) is 11.6 Å². The van der Waals surface area contributed by atoms with Crippen molar-refractivity contribution in [1.29, 1.82) is 0 Å². The zero-order valence-electron chi connectivity index (χ0n) is 16.9. The molecule has 1 aliphatic rings. The highest BCUT2D eigenvalue weighted by Gasteiger charge is 2.21. The van der Waals surface area contributed by atoms with Crippen LogP contribution in [0.3, 0.4) is 0 Å². The molecule has 2 rings (SSSR count). The number of benzene rings is 1. The molecule has 152 valence electrons. The number of phenolic OH excluding ortho intramolecular Hbond substituents is 1. The summed E-state index contributed by atoms with van der Waals surface area (Å²) in [7, 11) is 0. The average molecular weight is 387 g/mol. The van der Waals surface area contributed by atoms with Crippen LogP contribution in [0.2, 0.25) is 0 Å². The Kier molecular flexibility index (Phi) is 7.79. The van der Waals surface area contributed by atoms with Crippen molar-refractivity contribution >= 4 is 29.3 Å². The fourth-order valence-electron chi connectivity index (χ4n) is 3.21. The summed E-state index contributed by atoms with van der Waals surface area (Å²) in [6.45, 7) is 7.54. The monoisotopic (exact) mass is 387 g/mol. The zero-order chi connectivity index (χ0) is 20.7. The van der Waals surface area contributed by atoms with Gasteiger partial charge in [0.25, 0.3) is 0 Å². The number of anilines is 1. The van der Waals surface area contributed by atoms with Crippen LogP contribution in [0.25, 0.3) is 6.08 Å². The Morgan fingerprint density at radius 2 is 1.79 bits per heavy atom. The van der Waals surface area contributed by atoms with Gasteiger partial charge in [-0.1, -0.05) is 19.1 Å². The number of hydrogen-bond donors (Lipinski definition) is 1. The molecular weight excluding hydrogens is 358 g/mol. The maximum atomic E-state index is 12.6. The lowest BCUT2D eigenvalue weighted by Crippen LogP contribution is -2.22. The van der Waals surface area contributed by atoms with E-state index in [1.165, 1.54) is 0 Å². The Labute approximate surface area is 166 Å². The van der Waals surface area contributed by atoms with E-state index in [-0.39, 0.29) is 48.2 Å². The Bertz CT molecular complexity index is 764. The van der Waals surface area contributed by atoms with Crippen molar-refractivity contribution in [3.8, 4) is 5.75 Å². The van der Waals surface area contributed by atoms with Crippen LogP contribution in [0.5, 0.6) is 5.75 Å². The summed E-state index contributed by atoms with van der Waals surface area (Å²) in [5.74, 6) is -1.51. The number of esters is 1. The number of fused-ring (bicyclic) bond motifs is 1. The Balaban J connectivity index is 2.42. The molecule has 1 atom stereocenters. The number of allylic oxidation sites excluding steroid dienone is 1. The molecule has 1 aliphatic heterocycles. The topological polar surface area (TPSA) is 83.9 Å². The van der Waals surface area contributed by atoms with Crippen LogP contribution in [-0.2, 0) is 14.3 Å². The van der Waals surface area contributed by atoms with Crippen LogP contribution >= 0.6 is 0 Å². The number of phenols is 1. The molecule has 1 aromatic rings. The number of aromatic hydroxyl groups is 1. The number of rotatable bonds is 3. The Morgan fingerprint density at radius 3 is 2.46 bits per heavy atom. The lowest BCUT2D eigenvalue weighted by molar-refractivity contribution is -0.136. The molecule has 1 heterocycles. The number of carbonyl (C=O) groups is 3. The second-order valence-electron chi connectivity index (χ2n) is 7.13. The first-order valence-corrected chi connectivity index (χ1v) is 9.88. The quantitative estimate of drug-likeness (QED) is 0.628. The number of hydrogen-bond acceptors (Lipinski definition) is 6. The van der Waals surface area contributed by atoms with E-state index in [0.29, 0.717) is 18.4 Å². The number of carbonyl (C=O) groups excluding carboxylic acids is 3. The molecule has 0 saturated heterocycles. The number of nitrogens with zero attached hydrogens (tertiary/aromatic N) is 1. The molecule has 1 aromatic carbocycles. The smallest absolute Gasteiger partial charge is 0.342 e. The van der Waals surface area contributed by atoms with Gasteiger partial charge < -0.3 is 14.7 Å². The average Bonchev–Trinajstić information content (AvgIpc) is 2.67. The molecule has 6 nitrogen and oxygen atoms in total. The van der Waals surface area contributed by atoms with Gasteiger partial charge in [-0.3, -0.25) is 9.59 Å². The van der Waals surface area contributed by atoms with E-state index in [1.54, 1.807) is 18.2 Å². The van der Waals surface area contributed by atoms with E-state index >= 15 is 0 Å². The predicted octanol–water partition coefficient (Wildman–Crippen LogP) is 3.76. The highest BCUT2D eigenvalue weighted by molar-refractivity contribution is 6.37. The van der Waals surface area contributed by atoms with E-state index < -0.39 is 5.97 Å². The highest BCUT2D eigenvalue weighted by Crippen LogP contribution is 2.31. The van der Waals surface area contributed by atoms with Gasteiger partial charge in [0.1, 0.15) is 11.3 Å². The Hall–Kier alpha value is -2.63. The third-order valence-corrected chi connectivity index (χ3v) is 4.98. The van der Waals surface area contributed by atoms with E-state index in [0.717, 1.165) is 18.8 Å². The molecule has 6 heteroatoms. The summed E-state index contributed by atoms with van der Waals surface area (Å²) in [6, 6.07) is 3.41. The normalized spacial score (nSPS) is 19.0. The van der Waals surface area contributed by atoms with E-state index in [1.807, 2.05) is 26.8 Å². The summed E-state index contributed by atoms with van der Waals surface area (Å²) in [5.41, 5.74) is 1.47. The van der Waals surface area contributed by atoms with Crippen molar-refractivity contribution in [2.24, 2.45) is 5.92 Å². The molecule has 28 heavy (non-hydrogen) atoms. The number of ether oxygens (including phenoxy) is 1. The van der Waals surface area contributed by atoms with Crippen molar-refractivity contribution in [3.63, 3.8) is 0 Å². The van der Waals surface area contributed by atoms with Crippen molar-refractivity contribution in [1.82, 2.24) is 0 Å².